The van der Waals surface area contributed by atoms with E-state index in [1.54, 1.807) is 12.4 Å². The second-order valence-corrected chi connectivity index (χ2v) is 5.42. The van der Waals surface area contributed by atoms with Gasteiger partial charge in [-0.05, 0) is 36.8 Å². The van der Waals surface area contributed by atoms with E-state index in [1.165, 1.54) is 0 Å². The fraction of sp³-hybridized carbons (Fsp3) is 0.500. The molecule has 20 heavy (non-hydrogen) atoms. The Bertz CT molecular complexity index is 512. The Morgan fingerprint density at radius 2 is 2.20 bits per heavy atom. The Kier molecular flexibility index (Phi) is 4.22. The molecule has 0 aromatic carbocycles. The Hall–Kier alpha value is -2.11. The zero-order valence-electron chi connectivity index (χ0n) is 11.5. The van der Waals surface area contributed by atoms with Gasteiger partial charge < -0.3 is 15.7 Å². The third kappa shape index (κ3) is 3.46. The number of hydrogen-bond acceptors (Lipinski definition) is 3. The first-order valence-electron chi connectivity index (χ1n) is 6.68. The number of carbonyl (C=O) groups is 2. The van der Waals surface area contributed by atoms with Gasteiger partial charge in [-0.3, -0.25) is 9.78 Å². The van der Waals surface area contributed by atoms with Crippen molar-refractivity contribution >= 4 is 17.7 Å². The van der Waals surface area contributed by atoms with E-state index in [0.717, 1.165) is 24.8 Å². The monoisotopic (exact) mass is 277 g/mol. The highest BCUT2D eigenvalue weighted by Crippen LogP contribution is 2.43. The maximum atomic E-state index is 11.8. The van der Waals surface area contributed by atoms with Crippen LogP contribution >= 0.6 is 0 Å². The van der Waals surface area contributed by atoms with Gasteiger partial charge in [-0.15, -0.1) is 0 Å². The van der Waals surface area contributed by atoms with Crippen molar-refractivity contribution in [3.63, 3.8) is 0 Å². The van der Waals surface area contributed by atoms with Crippen LogP contribution in [0.3, 0.4) is 0 Å². The van der Waals surface area contributed by atoms with E-state index >= 15 is 0 Å². The highest BCUT2D eigenvalue weighted by atomic mass is 16.4. The van der Waals surface area contributed by atoms with E-state index < -0.39 is 5.97 Å². The second-order valence-electron chi connectivity index (χ2n) is 5.42. The van der Waals surface area contributed by atoms with Crippen molar-refractivity contribution < 1.29 is 14.7 Å². The van der Waals surface area contributed by atoms with Gasteiger partial charge in [0.1, 0.15) is 0 Å². The summed E-state index contributed by atoms with van der Waals surface area (Å²) in [7, 11) is 0. The van der Waals surface area contributed by atoms with Crippen molar-refractivity contribution in [3.05, 3.63) is 24.0 Å². The standard InChI is InChI=1S/C14H19N3O3/c1-10-3-6-15-8-11(10)17-13(20)16-9-14(4-2-5-14)7-12(18)19/h3,6,8H,2,4-5,7,9H2,1H3,(H,18,19)(H2,16,17,20). The predicted molar refractivity (Wildman–Crippen MR) is 74.5 cm³/mol. The molecule has 0 unspecified atom stereocenters. The van der Waals surface area contributed by atoms with Crippen LogP contribution < -0.4 is 10.6 Å². The van der Waals surface area contributed by atoms with Gasteiger partial charge in [0.25, 0.3) is 0 Å². The van der Waals surface area contributed by atoms with Crippen molar-refractivity contribution in [1.29, 1.82) is 0 Å². The predicted octanol–water partition coefficient (Wildman–Crippen LogP) is 2.16. The van der Waals surface area contributed by atoms with Crippen LogP contribution in [0, 0.1) is 12.3 Å². The maximum absolute atomic E-state index is 11.8. The van der Waals surface area contributed by atoms with Gasteiger partial charge in [-0.1, -0.05) is 6.42 Å². The van der Waals surface area contributed by atoms with E-state index in [1.807, 2.05) is 13.0 Å². The molecule has 1 fully saturated rings. The van der Waals surface area contributed by atoms with Crippen molar-refractivity contribution in [2.75, 3.05) is 11.9 Å². The summed E-state index contributed by atoms with van der Waals surface area (Å²) in [6.45, 7) is 2.28. The van der Waals surface area contributed by atoms with Crippen molar-refractivity contribution in [3.8, 4) is 0 Å². The lowest BCUT2D eigenvalue weighted by atomic mass is 9.66. The number of anilines is 1. The Balaban J connectivity index is 1.86. The third-order valence-corrected chi connectivity index (χ3v) is 3.85. The Morgan fingerprint density at radius 3 is 2.75 bits per heavy atom. The number of aliphatic carboxylic acids is 1. The highest BCUT2D eigenvalue weighted by molar-refractivity contribution is 5.89. The zero-order chi connectivity index (χ0) is 14.6. The third-order valence-electron chi connectivity index (χ3n) is 3.85. The molecule has 0 saturated heterocycles. The molecule has 2 amide bonds. The molecule has 1 aliphatic rings. The highest BCUT2D eigenvalue weighted by Gasteiger charge is 2.39. The number of carbonyl (C=O) groups excluding carboxylic acids is 1. The lowest BCUT2D eigenvalue weighted by molar-refractivity contribution is -0.141. The molecule has 1 aliphatic carbocycles. The zero-order valence-corrected chi connectivity index (χ0v) is 11.5. The number of pyridine rings is 1. The van der Waals surface area contributed by atoms with Crippen LogP contribution in [0.1, 0.15) is 31.2 Å². The van der Waals surface area contributed by atoms with E-state index in [4.69, 9.17) is 5.11 Å². The number of urea groups is 1. The number of aryl methyl sites for hydroxylation is 1. The molecule has 0 bridgehead atoms. The number of nitrogens with zero attached hydrogens (tertiary/aromatic N) is 1. The minimum Gasteiger partial charge on any atom is -0.481 e. The summed E-state index contributed by atoms with van der Waals surface area (Å²) < 4.78 is 0. The molecule has 6 heteroatoms. The minimum absolute atomic E-state index is 0.110. The van der Waals surface area contributed by atoms with E-state index in [9.17, 15) is 9.59 Å². The average Bonchev–Trinajstić information content (AvgIpc) is 2.35. The summed E-state index contributed by atoms with van der Waals surface area (Å²) in [5, 5.41) is 14.4. The van der Waals surface area contributed by atoms with E-state index in [-0.39, 0.29) is 17.9 Å². The number of aromatic nitrogens is 1. The first-order chi connectivity index (χ1) is 9.51. The molecule has 6 nitrogen and oxygen atoms in total. The number of rotatable bonds is 5. The van der Waals surface area contributed by atoms with Gasteiger partial charge in [0, 0.05) is 12.7 Å². The van der Waals surface area contributed by atoms with Gasteiger partial charge in [0.05, 0.1) is 18.3 Å². The summed E-state index contributed by atoms with van der Waals surface area (Å²) in [4.78, 5) is 26.6. The summed E-state index contributed by atoms with van der Waals surface area (Å²) in [5.41, 5.74) is 1.32. The lowest BCUT2D eigenvalue weighted by Gasteiger charge is -2.40. The molecule has 1 aromatic heterocycles. The summed E-state index contributed by atoms with van der Waals surface area (Å²) in [5.74, 6) is -0.810. The number of carboxylic acids is 1. The normalized spacial score (nSPS) is 16.1. The van der Waals surface area contributed by atoms with Gasteiger partial charge in [-0.2, -0.15) is 0 Å². The van der Waals surface area contributed by atoms with Crippen LogP contribution in [0.25, 0.3) is 0 Å². The molecule has 1 saturated carbocycles. The first-order valence-corrected chi connectivity index (χ1v) is 6.68. The van der Waals surface area contributed by atoms with Crippen LogP contribution in [0.4, 0.5) is 10.5 Å². The molecule has 2 rings (SSSR count). The molecule has 1 aromatic rings. The lowest BCUT2D eigenvalue weighted by Crippen LogP contribution is -2.44. The van der Waals surface area contributed by atoms with Crippen molar-refractivity contribution in [2.24, 2.45) is 5.41 Å². The smallest absolute Gasteiger partial charge is 0.319 e. The van der Waals surface area contributed by atoms with Crippen molar-refractivity contribution in [2.45, 2.75) is 32.6 Å². The minimum atomic E-state index is -0.810. The molecule has 0 aliphatic heterocycles. The first kappa shape index (κ1) is 14.3. The number of amides is 2. The van der Waals surface area contributed by atoms with Crippen LogP contribution in [0.5, 0.6) is 0 Å². The molecule has 1 heterocycles. The van der Waals surface area contributed by atoms with Gasteiger partial charge in [0.2, 0.25) is 0 Å². The average molecular weight is 277 g/mol. The number of hydrogen-bond donors (Lipinski definition) is 3. The van der Waals surface area contributed by atoms with Crippen LogP contribution in [-0.2, 0) is 4.79 Å². The van der Waals surface area contributed by atoms with Crippen LogP contribution in [0.15, 0.2) is 18.5 Å². The van der Waals surface area contributed by atoms with Gasteiger partial charge in [-0.25, -0.2) is 4.79 Å². The fourth-order valence-corrected chi connectivity index (χ4v) is 2.44. The van der Waals surface area contributed by atoms with Crippen molar-refractivity contribution in [1.82, 2.24) is 10.3 Å². The molecule has 0 radical (unpaired) electrons. The topological polar surface area (TPSA) is 91.3 Å². The number of carboxylic acid groups (broad SMARTS) is 1. The molecule has 0 spiro atoms. The van der Waals surface area contributed by atoms with E-state index in [0.29, 0.717) is 12.2 Å². The molecule has 0 atom stereocenters. The summed E-state index contributed by atoms with van der Waals surface area (Å²) in [6.07, 6.45) is 6.09. The van der Waals surface area contributed by atoms with Gasteiger partial charge >= 0.3 is 12.0 Å². The molecule has 108 valence electrons. The maximum Gasteiger partial charge on any atom is 0.319 e. The SMILES string of the molecule is Cc1ccncc1NC(=O)NCC1(CC(=O)O)CCC1. The van der Waals surface area contributed by atoms with E-state index in [2.05, 4.69) is 15.6 Å². The van der Waals surface area contributed by atoms with Crippen LogP contribution in [0.2, 0.25) is 0 Å². The molecular weight excluding hydrogens is 258 g/mol. The summed E-state index contributed by atoms with van der Waals surface area (Å²) in [6, 6.07) is 1.49. The Labute approximate surface area is 117 Å². The molecule has 3 N–H and O–H groups in total. The van der Waals surface area contributed by atoms with Crippen LogP contribution in [-0.4, -0.2) is 28.6 Å². The number of nitrogens with one attached hydrogen (secondary N) is 2. The Morgan fingerprint density at radius 1 is 1.45 bits per heavy atom. The van der Waals surface area contributed by atoms with Gasteiger partial charge in [0.15, 0.2) is 0 Å². The quantitative estimate of drug-likeness (QED) is 0.769. The fourth-order valence-electron chi connectivity index (χ4n) is 2.44. The second kappa shape index (κ2) is 5.90. The summed E-state index contributed by atoms with van der Waals surface area (Å²) >= 11 is 0. The molecular formula is C14H19N3O3. The largest absolute Gasteiger partial charge is 0.481 e.